The smallest absolute Gasteiger partial charge is 0.276 e. The minimum absolute atomic E-state index is 0.0781. The monoisotopic (exact) mass is 225 g/mol. The molecule has 2 rings (SSSR count). The molecule has 0 aromatic carbocycles. The number of likely N-dealkylation sites (tertiary alicyclic amines) is 1. The summed E-state index contributed by atoms with van der Waals surface area (Å²) >= 11 is 0. The fraction of sp³-hybridized carbons (Fsp3) is 0.600. The fourth-order valence-corrected chi connectivity index (χ4v) is 1.76. The summed E-state index contributed by atoms with van der Waals surface area (Å²) in [5, 5.41) is 3.72. The Bertz CT molecular complexity index is 377. The molecule has 0 saturated carbocycles. The number of carbonyl (C=O) groups is 1. The van der Waals surface area contributed by atoms with Crippen LogP contribution in [0.2, 0.25) is 0 Å². The molecule has 0 spiro atoms. The molecule has 1 aliphatic rings. The van der Waals surface area contributed by atoms with Crippen LogP contribution in [0.25, 0.3) is 0 Å². The Hall–Kier alpha value is -1.40. The Morgan fingerprint density at radius 3 is 3.25 bits per heavy atom. The SMILES string of the molecule is COCc1cc(C(=O)N2CC[C@@H](N)C2)no1. The second-order valence-electron chi connectivity index (χ2n) is 3.91. The Balaban J connectivity index is 2.03. The molecule has 0 radical (unpaired) electrons. The molecule has 0 aliphatic carbocycles. The van der Waals surface area contributed by atoms with Gasteiger partial charge in [0.25, 0.3) is 5.91 Å². The van der Waals surface area contributed by atoms with E-state index in [0.717, 1.165) is 6.42 Å². The van der Waals surface area contributed by atoms with Crippen LogP contribution in [0, 0.1) is 0 Å². The van der Waals surface area contributed by atoms with Crippen molar-refractivity contribution in [3.05, 3.63) is 17.5 Å². The zero-order valence-electron chi connectivity index (χ0n) is 9.18. The fourth-order valence-electron chi connectivity index (χ4n) is 1.76. The van der Waals surface area contributed by atoms with Gasteiger partial charge in [0.15, 0.2) is 11.5 Å². The van der Waals surface area contributed by atoms with Gasteiger partial charge in [-0.25, -0.2) is 0 Å². The van der Waals surface area contributed by atoms with E-state index in [0.29, 0.717) is 31.2 Å². The third kappa shape index (κ3) is 2.23. The van der Waals surface area contributed by atoms with Gasteiger partial charge < -0.3 is 19.9 Å². The summed E-state index contributed by atoms with van der Waals surface area (Å²) in [6, 6.07) is 1.68. The van der Waals surface area contributed by atoms with Gasteiger partial charge in [-0.15, -0.1) is 0 Å². The number of hydrogen-bond acceptors (Lipinski definition) is 5. The lowest BCUT2D eigenvalue weighted by Crippen LogP contribution is -2.32. The normalized spacial score (nSPS) is 20.4. The second kappa shape index (κ2) is 4.63. The van der Waals surface area contributed by atoms with E-state index in [1.165, 1.54) is 0 Å². The van der Waals surface area contributed by atoms with Gasteiger partial charge in [0, 0.05) is 32.3 Å². The molecule has 2 heterocycles. The van der Waals surface area contributed by atoms with Gasteiger partial charge in [-0.3, -0.25) is 4.79 Å². The van der Waals surface area contributed by atoms with E-state index in [4.69, 9.17) is 15.0 Å². The molecule has 88 valence electrons. The average molecular weight is 225 g/mol. The van der Waals surface area contributed by atoms with E-state index in [2.05, 4.69) is 5.16 Å². The van der Waals surface area contributed by atoms with Crippen LogP contribution in [0.3, 0.4) is 0 Å². The van der Waals surface area contributed by atoms with Crippen molar-refractivity contribution in [2.75, 3.05) is 20.2 Å². The molecule has 1 aliphatic heterocycles. The molecule has 2 N–H and O–H groups in total. The molecule has 1 aromatic heterocycles. The molecule has 6 nitrogen and oxygen atoms in total. The van der Waals surface area contributed by atoms with Crippen molar-refractivity contribution in [3.8, 4) is 0 Å². The van der Waals surface area contributed by atoms with Crippen molar-refractivity contribution in [1.82, 2.24) is 10.1 Å². The number of nitrogens with zero attached hydrogens (tertiary/aromatic N) is 2. The Labute approximate surface area is 93.3 Å². The van der Waals surface area contributed by atoms with Crippen LogP contribution in [0.1, 0.15) is 22.7 Å². The first-order valence-electron chi connectivity index (χ1n) is 5.20. The lowest BCUT2D eigenvalue weighted by Gasteiger charge is -2.12. The van der Waals surface area contributed by atoms with Crippen molar-refractivity contribution in [3.63, 3.8) is 0 Å². The number of nitrogens with two attached hydrogens (primary N) is 1. The zero-order valence-corrected chi connectivity index (χ0v) is 9.18. The molecular formula is C10H15N3O3. The molecule has 1 fully saturated rings. The highest BCUT2D eigenvalue weighted by Crippen LogP contribution is 2.13. The number of ether oxygens (including phenoxy) is 1. The molecule has 1 atom stereocenters. The standard InChI is InChI=1S/C10H15N3O3/c1-15-6-8-4-9(12-16-8)10(14)13-3-2-7(11)5-13/h4,7H,2-3,5-6,11H2,1H3/t7-/m1/s1. The van der Waals surface area contributed by atoms with E-state index in [9.17, 15) is 4.79 Å². The van der Waals surface area contributed by atoms with Crippen molar-refractivity contribution >= 4 is 5.91 Å². The number of carbonyl (C=O) groups excluding carboxylic acids is 1. The first kappa shape index (κ1) is 11.1. The highest BCUT2D eigenvalue weighted by molar-refractivity contribution is 5.92. The van der Waals surface area contributed by atoms with Crippen molar-refractivity contribution in [1.29, 1.82) is 0 Å². The number of aromatic nitrogens is 1. The largest absolute Gasteiger partial charge is 0.377 e. The van der Waals surface area contributed by atoms with E-state index in [1.54, 1.807) is 18.1 Å². The topological polar surface area (TPSA) is 81.6 Å². The maximum absolute atomic E-state index is 11.9. The number of methoxy groups -OCH3 is 1. The Kier molecular flexibility index (Phi) is 3.21. The Morgan fingerprint density at radius 1 is 1.81 bits per heavy atom. The van der Waals surface area contributed by atoms with E-state index >= 15 is 0 Å². The predicted octanol–water partition coefficient (Wildman–Crippen LogP) is -0.00580. The highest BCUT2D eigenvalue weighted by Gasteiger charge is 2.26. The summed E-state index contributed by atoms with van der Waals surface area (Å²) in [6.45, 7) is 1.59. The van der Waals surface area contributed by atoms with Gasteiger partial charge in [-0.2, -0.15) is 0 Å². The minimum atomic E-state index is -0.126. The summed E-state index contributed by atoms with van der Waals surface area (Å²) < 4.78 is 9.84. The molecule has 1 saturated heterocycles. The number of amides is 1. The molecule has 16 heavy (non-hydrogen) atoms. The highest BCUT2D eigenvalue weighted by atomic mass is 16.5. The van der Waals surface area contributed by atoms with Crippen molar-refractivity contribution < 1.29 is 14.1 Å². The molecule has 1 amide bonds. The molecular weight excluding hydrogens is 210 g/mol. The average Bonchev–Trinajstić information content (AvgIpc) is 2.87. The van der Waals surface area contributed by atoms with Gasteiger partial charge in [0.2, 0.25) is 0 Å². The minimum Gasteiger partial charge on any atom is -0.377 e. The zero-order chi connectivity index (χ0) is 11.5. The summed E-state index contributed by atoms with van der Waals surface area (Å²) in [6.07, 6.45) is 0.842. The van der Waals surface area contributed by atoms with Crippen LogP contribution in [-0.4, -0.2) is 42.2 Å². The first-order chi connectivity index (χ1) is 7.70. The maximum Gasteiger partial charge on any atom is 0.276 e. The third-order valence-corrected chi connectivity index (χ3v) is 2.58. The molecule has 1 aromatic rings. The van der Waals surface area contributed by atoms with Gasteiger partial charge in [-0.1, -0.05) is 5.16 Å². The maximum atomic E-state index is 11.9. The van der Waals surface area contributed by atoms with Gasteiger partial charge in [-0.05, 0) is 6.42 Å². The predicted molar refractivity (Wildman–Crippen MR) is 55.7 cm³/mol. The molecule has 0 unspecified atom stereocenters. The van der Waals surface area contributed by atoms with Gasteiger partial charge >= 0.3 is 0 Å². The third-order valence-electron chi connectivity index (χ3n) is 2.58. The molecule has 6 heteroatoms. The van der Waals surface area contributed by atoms with Gasteiger partial charge in [0.05, 0.1) is 0 Å². The van der Waals surface area contributed by atoms with Crippen molar-refractivity contribution in [2.45, 2.75) is 19.1 Å². The number of rotatable bonds is 3. The Morgan fingerprint density at radius 2 is 2.62 bits per heavy atom. The summed E-state index contributed by atoms with van der Waals surface area (Å²) in [4.78, 5) is 13.6. The second-order valence-corrected chi connectivity index (χ2v) is 3.91. The lowest BCUT2D eigenvalue weighted by atomic mass is 10.3. The van der Waals surface area contributed by atoms with Crippen LogP contribution in [0.4, 0.5) is 0 Å². The van der Waals surface area contributed by atoms with Crippen LogP contribution < -0.4 is 5.73 Å². The van der Waals surface area contributed by atoms with Crippen LogP contribution in [0.5, 0.6) is 0 Å². The lowest BCUT2D eigenvalue weighted by molar-refractivity contribution is 0.0780. The molecule has 0 bridgehead atoms. The summed E-state index contributed by atoms with van der Waals surface area (Å²) in [7, 11) is 1.56. The van der Waals surface area contributed by atoms with Crippen molar-refractivity contribution in [2.24, 2.45) is 5.73 Å². The van der Waals surface area contributed by atoms with Crippen LogP contribution in [-0.2, 0) is 11.3 Å². The van der Waals surface area contributed by atoms with E-state index in [1.807, 2.05) is 0 Å². The van der Waals surface area contributed by atoms with E-state index < -0.39 is 0 Å². The quantitative estimate of drug-likeness (QED) is 0.782. The summed E-state index contributed by atoms with van der Waals surface area (Å²) in [5.41, 5.74) is 6.06. The number of hydrogen-bond donors (Lipinski definition) is 1. The van der Waals surface area contributed by atoms with E-state index in [-0.39, 0.29) is 11.9 Å². The van der Waals surface area contributed by atoms with Crippen LogP contribution in [0.15, 0.2) is 10.6 Å². The summed E-state index contributed by atoms with van der Waals surface area (Å²) in [5.74, 6) is 0.424. The van der Waals surface area contributed by atoms with Gasteiger partial charge in [0.1, 0.15) is 6.61 Å². The first-order valence-corrected chi connectivity index (χ1v) is 5.20. The van der Waals surface area contributed by atoms with Crippen LogP contribution >= 0.6 is 0 Å².